The van der Waals surface area contributed by atoms with Crippen LogP contribution >= 0.6 is 0 Å². The van der Waals surface area contributed by atoms with Crippen LogP contribution in [-0.4, -0.2) is 71.5 Å². The van der Waals surface area contributed by atoms with Gasteiger partial charge in [0.25, 0.3) is 5.91 Å². The number of rotatable bonds is 6. The second-order valence-corrected chi connectivity index (χ2v) is 10.0. The fourth-order valence-corrected chi connectivity index (χ4v) is 4.34. The largest absolute Gasteiger partial charge is 0.472 e. The summed E-state index contributed by atoms with van der Waals surface area (Å²) in [4.78, 5) is 21.9. The Morgan fingerprint density at radius 3 is 2.75 bits per heavy atom. The zero-order chi connectivity index (χ0) is 25.8. The minimum absolute atomic E-state index is 0.0116. The van der Waals surface area contributed by atoms with Gasteiger partial charge in [-0.3, -0.25) is 9.69 Å². The van der Waals surface area contributed by atoms with E-state index in [-0.39, 0.29) is 43.3 Å². The molecule has 0 radical (unpaired) electrons. The molecule has 1 aromatic carbocycles. The second kappa shape index (κ2) is 11.2. The molecule has 8 heteroatoms. The number of carbonyl (C=O) groups is 1. The lowest BCUT2D eigenvalue weighted by Gasteiger charge is -2.37. The molecule has 0 aliphatic carbocycles. The van der Waals surface area contributed by atoms with Crippen LogP contribution in [0.15, 0.2) is 30.5 Å². The topological polar surface area (TPSA) is 84.4 Å². The highest BCUT2D eigenvalue weighted by molar-refractivity contribution is 5.97. The van der Waals surface area contributed by atoms with Crippen LogP contribution in [0.3, 0.4) is 0 Å². The van der Waals surface area contributed by atoms with Crippen molar-refractivity contribution in [2.75, 3.05) is 33.5 Å². The molecule has 2 aromatic rings. The van der Waals surface area contributed by atoms with Gasteiger partial charge in [0.15, 0.2) is 11.5 Å². The molecule has 8 nitrogen and oxygen atoms in total. The van der Waals surface area contributed by atoms with Crippen LogP contribution in [0.1, 0.15) is 49.2 Å². The van der Waals surface area contributed by atoms with Crippen molar-refractivity contribution in [2.45, 2.75) is 46.4 Å². The van der Waals surface area contributed by atoms with E-state index in [4.69, 9.17) is 14.2 Å². The Kier molecular flexibility index (Phi) is 8.02. The van der Waals surface area contributed by atoms with Gasteiger partial charge in [0.05, 0.1) is 12.6 Å². The van der Waals surface area contributed by atoms with Gasteiger partial charge < -0.3 is 24.2 Å². The summed E-state index contributed by atoms with van der Waals surface area (Å²) in [5.41, 5.74) is 2.15. The summed E-state index contributed by atoms with van der Waals surface area (Å²) in [7, 11) is 2.04. The molecule has 0 bridgehead atoms. The van der Waals surface area contributed by atoms with Crippen LogP contribution in [0.5, 0.6) is 17.4 Å². The Morgan fingerprint density at radius 2 is 2.00 bits per heavy atom. The van der Waals surface area contributed by atoms with E-state index >= 15 is 0 Å². The summed E-state index contributed by atoms with van der Waals surface area (Å²) in [6.45, 7) is 9.86. The highest BCUT2D eigenvalue weighted by Gasteiger charge is 2.34. The van der Waals surface area contributed by atoms with Crippen molar-refractivity contribution in [3.63, 3.8) is 0 Å². The standard InChI is InChI=1S/C28H35N3O5/c1-18(2)6-7-21-10-23-27(29-12-21)36-26(19(3)13-31(28(23)33)20(4)16-32)15-30(5)14-22-8-9-24-25(11-22)35-17-34-24/h8-12,18-20,26,32H,13-17H2,1-5H3/t19-,20+,26-/m0/s1. The third kappa shape index (κ3) is 5.92. The van der Waals surface area contributed by atoms with Crippen molar-refractivity contribution in [2.24, 2.45) is 11.8 Å². The van der Waals surface area contributed by atoms with Crippen molar-refractivity contribution in [1.82, 2.24) is 14.8 Å². The number of aliphatic hydroxyl groups is 1. The lowest BCUT2D eigenvalue weighted by atomic mass is 9.99. The molecule has 0 fully saturated rings. The van der Waals surface area contributed by atoms with Gasteiger partial charge in [-0.15, -0.1) is 0 Å². The van der Waals surface area contributed by atoms with E-state index in [1.165, 1.54) is 0 Å². The number of amides is 1. The van der Waals surface area contributed by atoms with E-state index in [0.29, 0.717) is 36.6 Å². The molecule has 192 valence electrons. The molecule has 4 rings (SSSR count). The molecule has 2 aliphatic heterocycles. The summed E-state index contributed by atoms with van der Waals surface area (Å²) in [5, 5.41) is 9.85. The number of fused-ring (bicyclic) bond motifs is 2. The number of nitrogens with zero attached hydrogens (tertiary/aromatic N) is 3. The Balaban J connectivity index is 1.58. The second-order valence-electron chi connectivity index (χ2n) is 10.0. The zero-order valence-electron chi connectivity index (χ0n) is 21.7. The predicted molar refractivity (Wildman–Crippen MR) is 136 cm³/mol. The molecule has 3 atom stereocenters. The molecule has 36 heavy (non-hydrogen) atoms. The highest BCUT2D eigenvalue weighted by atomic mass is 16.7. The lowest BCUT2D eigenvalue weighted by molar-refractivity contribution is 0.0325. The Morgan fingerprint density at radius 1 is 1.22 bits per heavy atom. The number of pyridine rings is 1. The number of likely N-dealkylation sites (N-methyl/N-ethyl adjacent to an activating group) is 1. The first-order chi connectivity index (χ1) is 17.2. The van der Waals surface area contributed by atoms with Crippen molar-refractivity contribution in [3.05, 3.63) is 47.2 Å². The molecule has 3 heterocycles. The summed E-state index contributed by atoms with van der Waals surface area (Å²) in [6.07, 6.45) is 1.44. The molecular weight excluding hydrogens is 458 g/mol. The normalized spacial score (nSPS) is 19.8. The number of ether oxygens (including phenoxy) is 3. The summed E-state index contributed by atoms with van der Waals surface area (Å²) < 4.78 is 17.3. The zero-order valence-corrected chi connectivity index (χ0v) is 21.7. The van der Waals surface area contributed by atoms with Crippen molar-refractivity contribution in [1.29, 1.82) is 0 Å². The molecular formula is C28H35N3O5. The summed E-state index contributed by atoms with van der Waals surface area (Å²) in [5.74, 6) is 8.05. The van der Waals surface area contributed by atoms with Crippen LogP contribution in [0.4, 0.5) is 0 Å². The SMILES string of the molecule is CC(C)C#Cc1cnc2c(c1)C(=O)N([C@H](C)CO)C[C@H](C)[C@H](CN(C)Cc1ccc3c(c1)OCO3)O2. The number of aromatic nitrogens is 1. The molecule has 0 spiro atoms. The average Bonchev–Trinajstić information content (AvgIpc) is 3.32. The molecule has 1 amide bonds. The van der Waals surface area contributed by atoms with Crippen LogP contribution in [-0.2, 0) is 6.54 Å². The summed E-state index contributed by atoms with van der Waals surface area (Å²) in [6, 6.07) is 7.39. The minimum atomic E-state index is -0.330. The van der Waals surface area contributed by atoms with Gasteiger partial charge in [-0.25, -0.2) is 4.98 Å². The average molecular weight is 494 g/mol. The van der Waals surface area contributed by atoms with Gasteiger partial charge in [0, 0.05) is 43.2 Å². The van der Waals surface area contributed by atoms with Crippen molar-refractivity contribution in [3.8, 4) is 29.2 Å². The maximum absolute atomic E-state index is 13.5. The minimum Gasteiger partial charge on any atom is -0.472 e. The Hall–Kier alpha value is -3.28. The van der Waals surface area contributed by atoms with Crippen LogP contribution in [0, 0.1) is 23.7 Å². The van der Waals surface area contributed by atoms with Gasteiger partial charge in [-0.2, -0.15) is 0 Å². The highest BCUT2D eigenvalue weighted by Crippen LogP contribution is 2.33. The van der Waals surface area contributed by atoms with Gasteiger partial charge >= 0.3 is 0 Å². The van der Waals surface area contributed by atoms with Gasteiger partial charge in [0.1, 0.15) is 11.7 Å². The first kappa shape index (κ1) is 25.8. The first-order valence-corrected chi connectivity index (χ1v) is 12.4. The van der Waals surface area contributed by atoms with Crippen LogP contribution in [0.2, 0.25) is 0 Å². The Bertz CT molecular complexity index is 1160. The Labute approximate surface area is 213 Å². The van der Waals surface area contributed by atoms with E-state index in [0.717, 1.165) is 17.1 Å². The fraction of sp³-hybridized carbons (Fsp3) is 0.500. The first-order valence-electron chi connectivity index (χ1n) is 12.4. The number of aliphatic hydroxyl groups excluding tert-OH is 1. The van der Waals surface area contributed by atoms with E-state index < -0.39 is 0 Å². The number of hydrogen-bond acceptors (Lipinski definition) is 7. The van der Waals surface area contributed by atoms with Crippen molar-refractivity contribution >= 4 is 5.91 Å². The fourth-order valence-electron chi connectivity index (χ4n) is 4.34. The third-order valence-electron chi connectivity index (χ3n) is 6.41. The molecule has 0 saturated carbocycles. The van der Waals surface area contributed by atoms with Gasteiger partial charge in [-0.05, 0) is 37.7 Å². The smallest absolute Gasteiger partial charge is 0.259 e. The number of carbonyl (C=O) groups excluding carboxylic acids is 1. The van der Waals surface area contributed by atoms with Crippen LogP contribution < -0.4 is 14.2 Å². The van der Waals surface area contributed by atoms with E-state index in [1.807, 2.05) is 46.0 Å². The molecule has 1 N–H and O–H groups in total. The lowest BCUT2D eigenvalue weighted by Crippen LogP contribution is -2.49. The molecule has 1 aromatic heterocycles. The van der Waals surface area contributed by atoms with E-state index in [9.17, 15) is 9.90 Å². The van der Waals surface area contributed by atoms with Crippen molar-refractivity contribution < 1.29 is 24.1 Å². The molecule has 0 unspecified atom stereocenters. The molecule has 0 saturated heterocycles. The van der Waals surface area contributed by atoms with E-state index in [2.05, 4.69) is 28.6 Å². The van der Waals surface area contributed by atoms with E-state index in [1.54, 1.807) is 17.2 Å². The predicted octanol–water partition coefficient (Wildman–Crippen LogP) is 3.17. The maximum Gasteiger partial charge on any atom is 0.259 e. The number of benzene rings is 1. The maximum atomic E-state index is 13.5. The van der Waals surface area contributed by atoms with Gasteiger partial charge in [0.2, 0.25) is 12.7 Å². The quantitative estimate of drug-likeness (QED) is 0.619. The monoisotopic (exact) mass is 493 g/mol. The third-order valence-corrected chi connectivity index (χ3v) is 6.41. The van der Waals surface area contributed by atoms with Crippen LogP contribution in [0.25, 0.3) is 0 Å². The summed E-state index contributed by atoms with van der Waals surface area (Å²) >= 11 is 0. The van der Waals surface area contributed by atoms with Gasteiger partial charge in [-0.1, -0.05) is 38.7 Å². The molecule has 2 aliphatic rings. The number of hydrogen-bond donors (Lipinski definition) is 1.